The maximum absolute atomic E-state index is 12.4. The largest absolute Gasteiger partial charge is 0.360 e. The van der Waals surface area contributed by atoms with Crippen LogP contribution < -0.4 is 5.32 Å². The molecule has 0 bridgehead atoms. The van der Waals surface area contributed by atoms with Crippen molar-refractivity contribution in [2.75, 3.05) is 5.32 Å². The summed E-state index contributed by atoms with van der Waals surface area (Å²) in [7, 11) is 0. The molecule has 6 nitrogen and oxygen atoms in total. The van der Waals surface area contributed by atoms with Crippen molar-refractivity contribution in [2.45, 2.75) is 27.7 Å². The van der Waals surface area contributed by atoms with Gasteiger partial charge in [-0.3, -0.25) is 4.79 Å². The van der Waals surface area contributed by atoms with Crippen molar-refractivity contribution in [2.24, 2.45) is 0 Å². The van der Waals surface area contributed by atoms with Gasteiger partial charge in [0.2, 0.25) is 0 Å². The lowest BCUT2D eigenvalue weighted by Gasteiger charge is -2.10. The summed E-state index contributed by atoms with van der Waals surface area (Å²) >= 11 is 0. The molecule has 0 unspecified atom stereocenters. The Labute approximate surface area is 157 Å². The van der Waals surface area contributed by atoms with E-state index in [1.165, 1.54) is 0 Å². The Morgan fingerprint density at radius 3 is 2.63 bits per heavy atom. The molecule has 136 valence electrons. The monoisotopic (exact) mass is 360 g/mol. The van der Waals surface area contributed by atoms with Crippen molar-refractivity contribution in [1.29, 1.82) is 5.26 Å². The van der Waals surface area contributed by atoms with Crippen molar-refractivity contribution in [1.82, 2.24) is 9.72 Å². The smallest absolute Gasteiger partial charge is 0.267 e. The highest BCUT2D eigenvalue weighted by atomic mass is 16.5. The lowest BCUT2D eigenvalue weighted by Crippen LogP contribution is -2.13. The average Bonchev–Trinajstić information content (AvgIpc) is 3.15. The highest BCUT2D eigenvalue weighted by Gasteiger charge is 2.15. The minimum atomic E-state index is -0.522. The Morgan fingerprint density at radius 1 is 1.22 bits per heavy atom. The fraction of sp³-hybridized carbons (Fsp3) is 0.190. The number of amides is 1. The van der Waals surface area contributed by atoms with Crippen LogP contribution in [0.3, 0.4) is 0 Å². The number of rotatable bonds is 4. The van der Waals surface area contributed by atoms with Gasteiger partial charge in [0.05, 0.1) is 0 Å². The van der Waals surface area contributed by atoms with Crippen molar-refractivity contribution >= 4 is 17.8 Å². The SMILES string of the molecule is Cc1cccc(-n2c(C)cc(/C=C(/C#N)C(=O)Nc3cc(C)on3)c2C)c1. The van der Waals surface area contributed by atoms with Gasteiger partial charge in [0, 0.05) is 23.1 Å². The highest BCUT2D eigenvalue weighted by molar-refractivity contribution is 6.09. The van der Waals surface area contributed by atoms with Gasteiger partial charge in [-0.05, 0) is 63.1 Å². The van der Waals surface area contributed by atoms with Gasteiger partial charge in [0.1, 0.15) is 17.4 Å². The van der Waals surface area contributed by atoms with Crippen LogP contribution in [-0.2, 0) is 4.79 Å². The lowest BCUT2D eigenvalue weighted by molar-refractivity contribution is -0.112. The van der Waals surface area contributed by atoms with Crippen molar-refractivity contribution < 1.29 is 9.32 Å². The van der Waals surface area contributed by atoms with Crippen LogP contribution in [0.25, 0.3) is 11.8 Å². The van der Waals surface area contributed by atoms with Crippen molar-refractivity contribution in [3.8, 4) is 11.8 Å². The number of nitrogens with one attached hydrogen (secondary N) is 1. The molecule has 27 heavy (non-hydrogen) atoms. The number of carbonyl (C=O) groups is 1. The number of benzene rings is 1. The highest BCUT2D eigenvalue weighted by Crippen LogP contribution is 2.23. The third-order valence-corrected chi connectivity index (χ3v) is 4.26. The molecule has 0 aliphatic heterocycles. The first-order valence-corrected chi connectivity index (χ1v) is 8.51. The summed E-state index contributed by atoms with van der Waals surface area (Å²) in [5.74, 6) is 0.338. The molecule has 1 aromatic carbocycles. The average molecular weight is 360 g/mol. The zero-order chi connectivity index (χ0) is 19.6. The van der Waals surface area contributed by atoms with Crippen LogP contribution >= 0.6 is 0 Å². The topological polar surface area (TPSA) is 83.9 Å². The molecule has 2 heterocycles. The van der Waals surface area contributed by atoms with E-state index in [-0.39, 0.29) is 11.4 Å². The molecular formula is C21H20N4O2. The Hall–Kier alpha value is -3.59. The third-order valence-electron chi connectivity index (χ3n) is 4.26. The molecule has 0 aliphatic carbocycles. The second-order valence-corrected chi connectivity index (χ2v) is 6.45. The Morgan fingerprint density at radius 2 is 2.00 bits per heavy atom. The van der Waals surface area contributed by atoms with Crippen LogP contribution in [0.1, 0.15) is 28.3 Å². The first-order chi connectivity index (χ1) is 12.9. The van der Waals surface area contributed by atoms with E-state index in [0.29, 0.717) is 5.76 Å². The van der Waals surface area contributed by atoms with Crippen LogP contribution in [0.4, 0.5) is 5.82 Å². The van der Waals surface area contributed by atoms with E-state index in [2.05, 4.69) is 21.1 Å². The standard InChI is InChI=1S/C21H20N4O2/c1-13-6-5-7-19(8-13)25-14(2)9-17(16(25)4)11-18(12-22)21(26)23-20-10-15(3)27-24-20/h5-11H,1-4H3,(H,23,24,26)/b18-11-. The predicted octanol–water partition coefficient (Wildman–Crippen LogP) is 4.24. The summed E-state index contributed by atoms with van der Waals surface area (Å²) in [5, 5.41) is 15.7. The summed E-state index contributed by atoms with van der Waals surface area (Å²) in [4.78, 5) is 12.4. The fourth-order valence-electron chi connectivity index (χ4n) is 3.01. The van der Waals surface area contributed by atoms with E-state index in [1.54, 1.807) is 19.1 Å². The van der Waals surface area contributed by atoms with Gasteiger partial charge in [-0.2, -0.15) is 5.26 Å². The number of nitrogens with zero attached hydrogens (tertiary/aromatic N) is 3. The van der Waals surface area contributed by atoms with Crippen LogP contribution in [0.2, 0.25) is 0 Å². The molecule has 0 radical (unpaired) electrons. The van der Waals surface area contributed by atoms with Crippen molar-refractivity contribution in [3.05, 3.63) is 70.2 Å². The van der Waals surface area contributed by atoms with E-state index in [4.69, 9.17) is 4.52 Å². The van der Waals surface area contributed by atoms with Gasteiger partial charge in [-0.25, -0.2) is 0 Å². The van der Waals surface area contributed by atoms with Crippen molar-refractivity contribution in [3.63, 3.8) is 0 Å². The number of aromatic nitrogens is 2. The van der Waals surface area contributed by atoms with E-state index in [0.717, 1.165) is 28.2 Å². The second-order valence-electron chi connectivity index (χ2n) is 6.45. The Balaban J connectivity index is 1.94. The molecule has 1 amide bonds. The molecular weight excluding hydrogens is 340 g/mol. The second kappa shape index (κ2) is 7.34. The van der Waals surface area contributed by atoms with Gasteiger partial charge in [0.15, 0.2) is 5.82 Å². The maximum Gasteiger partial charge on any atom is 0.267 e. The number of aryl methyl sites for hydroxylation is 3. The van der Waals surface area contributed by atoms with Crippen LogP contribution in [0, 0.1) is 39.0 Å². The molecule has 0 fully saturated rings. The zero-order valence-corrected chi connectivity index (χ0v) is 15.7. The molecule has 3 rings (SSSR count). The van der Waals surface area contributed by atoms with E-state index >= 15 is 0 Å². The van der Waals surface area contributed by atoms with E-state index in [9.17, 15) is 10.1 Å². The number of nitriles is 1. The number of anilines is 1. The van der Waals surface area contributed by atoms with Gasteiger partial charge < -0.3 is 14.4 Å². The molecule has 1 N–H and O–H groups in total. The molecule has 0 spiro atoms. The quantitative estimate of drug-likeness (QED) is 0.557. The van der Waals surface area contributed by atoms with Crippen LogP contribution in [0.5, 0.6) is 0 Å². The molecule has 0 atom stereocenters. The molecule has 3 aromatic rings. The van der Waals surface area contributed by atoms with Crippen LogP contribution in [0.15, 0.2) is 46.5 Å². The Kier molecular flexibility index (Phi) is 4.95. The number of hydrogen-bond donors (Lipinski definition) is 1. The van der Waals surface area contributed by atoms with E-state index in [1.807, 2.05) is 51.1 Å². The van der Waals surface area contributed by atoms with Gasteiger partial charge >= 0.3 is 0 Å². The third kappa shape index (κ3) is 3.82. The van der Waals surface area contributed by atoms with Gasteiger partial charge in [-0.1, -0.05) is 17.3 Å². The summed E-state index contributed by atoms with van der Waals surface area (Å²) in [6, 6.07) is 13.7. The number of hydrogen-bond acceptors (Lipinski definition) is 4. The molecule has 2 aromatic heterocycles. The van der Waals surface area contributed by atoms with Crippen LogP contribution in [-0.4, -0.2) is 15.6 Å². The molecule has 0 aliphatic rings. The lowest BCUT2D eigenvalue weighted by atomic mass is 10.1. The minimum absolute atomic E-state index is 0.000135. The first-order valence-electron chi connectivity index (χ1n) is 8.51. The molecule has 0 saturated carbocycles. The first kappa shape index (κ1) is 18.2. The molecule has 6 heteroatoms. The minimum Gasteiger partial charge on any atom is -0.360 e. The summed E-state index contributed by atoms with van der Waals surface area (Å²) in [6.45, 7) is 7.73. The predicted molar refractivity (Wildman–Crippen MR) is 103 cm³/mol. The summed E-state index contributed by atoms with van der Waals surface area (Å²) < 4.78 is 7.03. The zero-order valence-electron chi connectivity index (χ0n) is 15.7. The van der Waals surface area contributed by atoms with Gasteiger partial charge in [0.25, 0.3) is 5.91 Å². The summed E-state index contributed by atoms with van der Waals surface area (Å²) in [5.41, 5.74) is 5.00. The van der Waals surface area contributed by atoms with E-state index < -0.39 is 5.91 Å². The summed E-state index contributed by atoms with van der Waals surface area (Å²) in [6.07, 6.45) is 1.59. The number of carbonyl (C=O) groups excluding carboxylic acids is 1. The Bertz CT molecular complexity index is 1080. The maximum atomic E-state index is 12.4. The normalized spacial score (nSPS) is 11.3. The molecule has 0 saturated heterocycles. The van der Waals surface area contributed by atoms with Gasteiger partial charge in [-0.15, -0.1) is 0 Å². The fourth-order valence-corrected chi connectivity index (χ4v) is 3.01.